The van der Waals surface area contributed by atoms with Gasteiger partial charge in [0.15, 0.2) is 0 Å². The molecule has 1 unspecified atom stereocenters. The molecule has 0 saturated carbocycles. The van der Waals surface area contributed by atoms with Gasteiger partial charge in [-0.3, -0.25) is 0 Å². The monoisotopic (exact) mass is 299 g/mol. The van der Waals surface area contributed by atoms with E-state index in [9.17, 15) is 0 Å². The molecule has 0 aliphatic rings. The number of methoxy groups -OCH3 is 1. The van der Waals surface area contributed by atoms with Gasteiger partial charge in [-0.2, -0.15) is 0 Å². The minimum absolute atomic E-state index is 0.756. The topological polar surface area (TPSA) is 12.5 Å². The summed E-state index contributed by atoms with van der Waals surface area (Å²) in [4.78, 5) is 2.27. The van der Waals surface area contributed by atoms with E-state index >= 15 is 0 Å². The molecule has 1 aromatic carbocycles. The van der Waals surface area contributed by atoms with Crippen molar-refractivity contribution in [2.24, 2.45) is 5.92 Å². The Kier molecular flexibility index (Phi) is 6.41. The number of rotatable bonds is 7. The van der Waals surface area contributed by atoms with Gasteiger partial charge in [0.25, 0.3) is 0 Å². The van der Waals surface area contributed by atoms with Crippen LogP contribution in [0.25, 0.3) is 0 Å². The van der Waals surface area contributed by atoms with Crippen LogP contribution in [0.4, 0.5) is 5.69 Å². The molecule has 0 N–H and O–H groups in total. The molecule has 0 amide bonds. The maximum absolute atomic E-state index is 5.37. The number of alkyl halides is 1. The van der Waals surface area contributed by atoms with Crippen LogP contribution in [0.1, 0.15) is 19.8 Å². The average Bonchev–Trinajstić information content (AvgIpc) is 2.36. The van der Waals surface area contributed by atoms with E-state index in [2.05, 4.69) is 46.9 Å². The number of hydrogen-bond acceptors (Lipinski definition) is 2. The van der Waals surface area contributed by atoms with E-state index in [-0.39, 0.29) is 0 Å². The molecule has 0 spiro atoms. The van der Waals surface area contributed by atoms with Crippen LogP contribution in [0.2, 0.25) is 0 Å². The third-order valence-corrected chi connectivity index (χ3v) is 3.51. The first kappa shape index (κ1) is 14.4. The Morgan fingerprint density at radius 2 is 2.00 bits per heavy atom. The minimum Gasteiger partial charge on any atom is -0.495 e. The van der Waals surface area contributed by atoms with E-state index in [1.54, 1.807) is 7.11 Å². The zero-order valence-electron chi connectivity index (χ0n) is 10.9. The summed E-state index contributed by atoms with van der Waals surface area (Å²) in [6.07, 6.45) is 2.44. The molecular weight excluding hydrogens is 278 g/mol. The number of anilines is 1. The Labute approximate surface area is 113 Å². The van der Waals surface area contributed by atoms with Crippen LogP contribution in [-0.2, 0) is 0 Å². The highest BCUT2D eigenvalue weighted by Crippen LogP contribution is 2.27. The number of hydrogen-bond donors (Lipinski definition) is 0. The lowest BCUT2D eigenvalue weighted by molar-refractivity contribution is 0.414. The van der Waals surface area contributed by atoms with Crippen LogP contribution in [0.15, 0.2) is 24.3 Å². The summed E-state index contributed by atoms with van der Waals surface area (Å²) in [5.41, 5.74) is 1.17. The third kappa shape index (κ3) is 4.58. The van der Waals surface area contributed by atoms with Gasteiger partial charge in [-0.05, 0) is 30.9 Å². The molecular formula is C14H22BrNO. The van der Waals surface area contributed by atoms with E-state index in [0.717, 1.165) is 23.5 Å². The number of para-hydroxylation sites is 2. The van der Waals surface area contributed by atoms with Crippen LogP contribution >= 0.6 is 15.9 Å². The first-order chi connectivity index (χ1) is 8.19. The van der Waals surface area contributed by atoms with E-state index in [1.807, 2.05) is 12.1 Å². The molecule has 0 radical (unpaired) electrons. The Balaban J connectivity index is 2.54. The first-order valence-corrected chi connectivity index (χ1v) is 7.21. The molecule has 0 aromatic heterocycles. The summed E-state index contributed by atoms with van der Waals surface area (Å²) < 4.78 is 5.37. The number of benzene rings is 1. The van der Waals surface area contributed by atoms with Crippen molar-refractivity contribution >= 4 is 21.6 Å². The summed E-state index contributed by atoms with van der Waals surface area (Å²) >= 11 is 3.49. The SMILES string of the molecule is COc1ccccc1N(C)CCC(C)CCBr. The maximum Gasteiger partial charge on any atom is 0.142 e. The van der Waals surface area contributed by atoms with Crippen LogP contribution in [0, 0.1) is 5.92 Å². The van der Waals surface area contributed by atoms with Gasteiger partial charge in [0.1, 0.15) is 5.75 Å². The Morgan fingerprint density at radius 3 is 2.65 bits per heavy atom. The normalized spacial score (nSPS) is 12.2. The van der Waals surface area contributed by atoms with E-state index in [0.29, 0.717) is 0 Å². The molecule has 1 atom stereocenters. The average molecular weight is 300 g/mol. The van der Waals surface area contributed by atoms with Gasteiger partial charge in [0.05, 0.1) is 12.8 Å². The van der Waals surface area contributed by atoms with Crippen molar-refractivity contribution in [3.63, 3.8) is 0 Å². The second kappa shape index (κ2) is 7.59. The van der Waals surface area contributed by atoms with Gasteiger partial charge < -0.3 is 9.64 Å². The first-order valence-electron chi connectivity index (χ1n) is 6.09. The maximum atomic E-state index is 5.37. The minimum atomic E-state index is 0.756. The van der Waals surface area contributed by atoms with Gasteiger partial charge in [-0.25, -0.2) is 0 Å². The molecule has 17 heavy (non-hydrogen) atoms. The predicted octanol–water partition coefficient (Wildman–Crippen LogP) is 3.94. The molecule has 3 heteroatoms. The lowest BCUT2D eigenvalue weighted by atomic mass is 10.1. The largest absolute Gasteiger partial charge is 0.495 e. The fourth-order valence-corrected chi connectivity index (χ4v) is 2.59. The molecule has 96 valence electrons. The quantitative estimate of drug-likeness (QED) is 0.707. The van der Waals surface area contributed by atoms with Crippen LogP contribution in [0.5, 0.6) is 5.75 Å². The molecule has 0 heterocycles. The van der Waals surface area contributed by atoms with Crippen LogP contribution in [-0.4, -0.2) is 26.0 Å². The summed E-state index contributed by atoms with van der Waals surface area (Å²) in [6, 6.07) is 8.17. The Morgan fingerprint density at radius 1 is 1.29 bits per heavy atom. The molecule has 0 aliphatic heterocycles. The highest BCUT2D eigenvalue weighted by atomic mass is 79.9. The van der Waals surface area contributed by atoms with Crippen LogP contribution in [0.3, 0.4) is 0 Å². The van der Waals surface area contributed by atoms with Gasteiger partial charge in [0.2, 0.25) is 0 Å². The van der Waals surface area contributed by atoms with Gasteiger partial charge in [-0.15, -0.1) is 0 Å². The summed E-state index contributed by atoms with van der Waals surface area (Å²) in [7, 11) is 3.85. The Hall–Kier alpha value is -0.700. The smallest absolute Gasteiger partial charge is 0.142 e. The summed E-state index contributed by atoms with van der Waals surface area (Å²) in [5.74, 6) is 1.70. The van der Waals surface area contributed by atoms with Crippen molar-refractivity contribution in [2.75, 3.05) is 30.9 Å². The molecule has 2 nitrogen and oxygen atoms in total. The van der Waals surface area contributed by atoms with Crippen LogP contribution < -0.4 is 9.64 Å². The Bertz CT molecular complexity index is 330. The second-order valence-electron chi connectivity index (χ2n) is 4.46. The second-order valence-corrected chi connectivity index (χ2v) is 5.26. The van der Waals surface area contributed by atoms with E-state index < -0.39 is 0 Å². The van der Waals surface area contributed by atoms with Crippen molar-refractivity contribution in [1.82, 2.24) is 0 Å². The number of halogens is 1. The molecule has 0 fully saturated rings. The van der Waals surface area contributed by atoms with Crippen molar-refractivity contribution in [2.45, 2.75) is 19.8 Å². The fourth-order valence-electron chi connectivity index (χ4n) is 1.81. The lowest BCUT2D eigenvalue weighted by Crippen LogP contribution is -2.21. The summed E-state index contributed by atoms with van der Waals surface area (Å²) in [5, 5.41) is 1.09. The van der Waals surface area contributed by atoms with E-state index in [4.69, 9.17) is 4.74 Å². The predicted molar refractivity (Wildman–Crippen MR) is 78.5 cm³/mol. The standard InChI is InChI=1S/C14H22BrNO/c1-12(8-10-15)9-11-16(2)13-6-4-5-7-14(13)17-3/h4-7,12H,8-11H2,1-3H3. The highest BCUT2D eigenvalue weighted by molar-refractivity contribution is 9.09. The van der Waals surface area contributed by atoms with Gasteiger partial charge in [0, 0.05) is 18.9 Å². The molecule has 0 bridgehead atoms. The number of ether oxygens (including phenoxy) is 1. The molecule has 1 rings (SSSR count). The van der Waals surface area contributed by atoms with Crippen molar-refractivity contribution in [3.8, 4) is 5.75 Å². The van der Waals surface area contributed by atoms with Crippen molar-refractivity contribution in [1.29, 1.82) is 0 Å². The lowest BCUT2D eigenvalue weighted by Gasteiger charge is -2.23. The van der Waals surface area contributed by atoms with Crippen molar-refractivity contribution < 1.29 is 4.74 Å². The summed E-state index contributed by atoms with van der Waals surface area (Å²) in [6.45, 7) is 3.37. The zero-order chi connectivity index (χ0) is 12.7. The third-order valence-electron chi connectivity index (χ3n) is 3.06. The molecule has 1 aromatic rings. The van der Waals surface area contributed by atoms with Crippen molar-refractivity contribution in [3.05, 3.63) is 24.3 Å². The van der Waals surface area contributed by atoms with Gasteiger partial charge >= 0.3 is 0 Å². The van der Waals surface area contributed by atoms with Gasteiger partial charge in [-0.1, -0.05) is 35.0 Å². The molecule has 0 aliphatic carbocycles. The zero-order valence-corrected chi connectivity index (χ0v) is 12.5. The highest BCUT2D eigenvalue weighted by Gasteiger charge is 2.08. The molecule has 0 saturated heterocycles. The fraction of sp³-hybridized carbons (Fsp3) is 0.571. The van der Waals surface area contributed by atoms with E-state index in [1.165, 1.54) is 18.5 Å². The number of nitrogens with zero attached hydrogens (tertiary/aromatic N) is 1.